The van der Waals surface area contributed by atoms with Crippen LogP contribution < -0.4 is 10.6 Å². The zero-order chi connectivity index (χ0) is 21.4. The summed E-state index contributed by atoms with van der Waals surface area (Å²) in [7, 11) is -3.55. The van der Waals surface area contributed by atoms with Crippen molar-refractivity contribution in [1.82, 2.24) is 19.9 Å². The third-order valence-electron chi connectivity index (χ3n) is 4.49. The predicted molar refractivity (Wildman–Crippen MR) is 113 cm³/mol. The molecule has 29 heavy (non-hydrogen) atoms. The van der Waals surface area contributed by atoms with Crippen LogP contribution in [0.25, 0.3) is 0 Å². The first-order valence-corrected chi connectivity index (χ1v) is 12.2. The van der Waals surface area contributed by atoms with E-state index in [4.69, 9.17) is 0 Å². The molecule has 0 saturated carbocycles. The third-order valence-corrected chi connectivity index (χ3v) is 7.42. The predicted octanol–water partition coefficient (Wildman–Crippen LogP) is 2.61. The van der Waals surface area contributed by atoms with Crippen molar-refractivity contribution in [3.63, 3.8) is 0 Å². The number of thioether (sulfide) groups is 1. The summed E-state index contributed by atoms with van der Waals surface area (Å²) in [6.07, 6.45) is 5.18. The number of carbonyl (C=O) groups excluding carboxylic acids is 2. The molecule has 2 rings (SSSR count). The number of hydrogen-bond acceptors (Lipinski definition) is 6. The molecule has 0 aromatic carbocycles. The number of amides is 3. The summed E-state index contributed by atoms with van der Waals surface area (Å²) in [5.41, 5.74) is 0. The summed E-state index contributed by atoms with van der Waals surface area (Å²) >= 11 is 1.16. The molecule has 1 atom stereocenters. The normalized spacial score (nSPS) is 16.8. The Morgan fingerprint density at radius 1 is 1.14 bits per heavy atom. The van der Waals surface area contributed by atoms with Crippen LogP contribution in [-0.4, -0.2) is 54.5 Å². The molecule has 1 aromatic rings. The Balaban J connectivity index is 1.94. The lowest BCUT2D eigenvalue weighted by molar-refractivity contribution is -0.119. The molecule has 1 saturated heterocycles. The monoisotopic (exact) mass is 442 g/mol. The van der Waals surface area contributed by atoms with E-state index in [1.165, 1.54) is 16.6 Å². The molecule has 1 aliphatic heterocycles. The van der Waals surface area contributed by atoms with Gasteiger partial charge in [0.25, 0.3) is 0 Å². The maximum Gasteiger partial charge on any atom is 0.321 e. The Kier molecular flexibility index (Phi) is 8.91. The highest BCUT2D eigenvalue weighted by Crippen LogP contribution is 2.24. The van der Waals surface area contributed by atoms with Crippen LogP contribution in [-0.2, 0) is 14.8 Å². The minimum atomic E-state index is -3.55. The van der Waals surface area contributed by atoms with Crippen LogP contribution in [0.2, 0.25) is 0 Å². The van der Waals surface area contributed by atoms with E-state index in [1.54, 1.807) is 13.0 Å². The third kappa shape index (κ3) is 7.27. The summed E-state index contributed by atoms with van der Waals surface area (Å²) in [5, 5.41) is 4.89. The van der Waals surface area contributed by atoms with Gasteiger partial charge in [0.15, 0.2) is 0 Å². The Bertz CT molecular complexity index is 789. The molecule has 10 heteroatoms. The number of aromatic nitrogens is 1. The molecule has 0 spiro atoms. The highest BCUT2D eigenvalue weighted by molar-refractivity contribution is 8.00. The average Bonchev–Trinajstić information content (AvgIpc) is 2.97. The number of rotatable bonds is 7. The van der Waals surface area contributed by atoms with E-state index >= 15 is 0 Å². The molecule has 0 aliphatic carbocycles. The van der Waals surface area contributed by atoms with Gasteiger partial charge in [-0.2, -0.15) is 4.31 Å². The number of hydrogen-bond donors (Lipinski definition) is 2. The Labute approximate surface area is 177 Å². The molecule has 3 amide bonds. The number of nitrogens with one attached hydrogen (secondary N) is 2. The number of sulfonamides is 1. The highest BCUT2D eigenvalue weighted by atomic mass is 32.2. The first-order valence-electron chi connectivity index (χ1n) is 9.91. The molecule has 2 heterocycles. The van der Waals surface area contributed by atoms with Crippen LogP contribution in [0.1, 0.15) is 46.5 Å². The van der Waals surface area contributed by atoms with Crippen LogP contribution in [0.4, 0.5) is 4.79 Å². The first kappa shape index (κ1) is 23.6. The zero-order valence-electron chi connectivity index (χ0n) is 17.2. The second-order valence-electron chi connectivity index (χ2n) is 7.50. The fourth-order valence-electron chi connectivity index (χ4n) is 2.81. The van der Waals surface area contributed by atoms with E-state index in [9.17, 15) is 18.0 Å². The molecule has 1 fully saturated rings. The minimum Gasteiger partial charge on any atom is -0.338 e. The second-order valence-corrected chi connectivity index (χ2v) is 10.8. The number of urea groups is 1. The van der Waals surface area contributed by atoms with Gasteiger partial charge in [-0.3, -0.25) is 10.1 Å². The van der Waals surface area contributed by atoms with Gasteiger partial charge in [0, 0.05) is 25.8 Å². The first-order chi connectivity index (χ1) is 13.7. The SMILES string of the molecule is CC(C)CNC(=O)NC(=O)[C@H](C)Sc1ccc(S(=O)(=O)N2CCCCCC2)cn1. The van der Waals surface area contributed by atoms with Crippen LogP contribution in [0.5, 0.6) is 0 Å². The molecule has 1 aromatic heterocycles. The number of carbonyl (C=O) groups is 2. The van der Waals surface area contributed by atoms with Crippen molar-refractivity contribution in [2.45, 2.75) is 61.6 Å². The Morgan fingerprint density at radius 2 is 1.79 bits per heavy atom. The lowest BCUT2D eigenvalue weighted by Gasteiger charge is -2.19. The van der Waals surface area contributed by atoms with Crippen molar-refractivity contribution in [1.29, 1.82) is 0 Å². The van der Waals surface area contributed by atoms with E-state index in [2.05, 4.69) is 15.6 Å². The van der Waals surface area contributed by atoms with Gasteiger partial charge in [-0.25, -0.2) is 18.2 Å². The van der Waals surface area contributed by atoms with Gasteiger partial charge in [-0.15, -0.1) is 0 Å². The van der Waals surface area contributed by atoms with Gasteiger partial charge in [0.2, 0.25) is 15.9 Å². The van der Waals surface area contributed by atoms with Gasteiger partial charge in [0.05, 0.1) is 10.3 Å². The number of imide groups is 1. The summed E-state index contributed by atoms with van der Waals surface area (Å²) in [5.74, 6) is -0.143. The molecular weight excluding hydrogens is 412 g/mol. The van der Waals surface area contributed by atoms with Crippen molar-refractivity contribution in [2.24, 2.45) is 5.92 Å². The molecule has 0 unspecified atom stereocenters. The van der Waals surface area contributed by atoms with E-state index in [-0.39, 0.29) is 10.8 Å². The van der Waals surface area contributed by atoms with E-state index < -0.39 is 27.2 Å². The van der Waals surface area contributed by atoms with Crippen LogP contribution in [0.3, 0.4) is 0 Å². The fraction of sp³-hybridized carbons (Fsp3) is 0.632. The molecule has 1 aliphatic rings. The summed E-state index contributed by atoms with van der Waals surface area (Å²) in [6, 6.07) is 2.59. The molecule has 2 N–H and O–H groups in total. The quantitative estimate of drug-likeness (QED) is 0.629. The van der Waals surface area contributed by atoms with E-state index in [1.807, 2.05) is 13.8 Å². The van der Waals surface area contributed by atoms with E-state index in [0.717, 1.165) is 37.4 Å². The summed E-state index contributed by atoms with van der Waals surface area (Å²) in [6.45, 7) is 7.14. The van der Waals surface area contributed by atoms with Crippen molar-refractivity contribution in [3.05, 3.63) is 18.3 Å². The van der Waals surface area contributed by atoms with Crippen molar-refractivity contribution < 1.29 is 18.0 Å². The Morgan fingerprint density at radius 3 is 2.34 bits per heavy atom. The van der Waals surface area contributed by atoms with Crippen molar-refractivity contribution in [3.8, 4) is 0 Å². The van der Waals surface area contributed by atoms with Crippen molar-refractivity contribution >= 4 is 33.7 Å². The van der Waals surface area contributed by atoms with Crippen LogP contribution in [0.15, 0.2) is 28.3 Å². The lowest BCUT2D eigenvalue weighted by atomic mass is 10.2. The molecular formula is C19H30N4O4S2. The van der Waals surface area contributed by atoms with E-state index in [0.29, 0.717) is 24.7 Å². The van der Waals surface area contributed by atoms with Crippen molar-refractivity contribution in [2.75, 3.05) is 19.6 Å². The molecule has 0 bridgehead atoms. The Hall–Kier alpha value is -1.65. The number of pyridine rings is 1. The minimum absolute atomic E-state index is 0.161. The van der Waals surface area contributed by atoms with Gasteiger partial charge in [-0.1, -0.05) is 38.5 Å². The maximum atomic E-state index is 12.8. The molecule has 8 nitrogen and oxygen atoms in total. The van der Waals surface area contributed by atoms with Gasteiger partial charge in [0.1, 0.15) is 4.90 Å². The molecule has 0 radical (unpaired) electrons. The number of nitrogens with zero attached hydrogens (tertiary/aromatic N) is 2. The smallest absolute Gasteiger partial charge is 0.321 e. The largest absolute Gasteiger partial charge is 0.338 e. The maximum absolute atomic E-state index is 12.8. The zero-order valence-corrected chi connectivity index (χ0v) is 18.8. The standard InChI is InChI=1S/C19H30N4O4S2/c1-14(2)12-21-19(25)22-18(24)15(3)28-17-9-8-16(13-20-17)29(26,27)23-10-6-4-5-7-11-23/h8-9,13-15H,4-7,10-12H2,1-3H3,(H2,21,22,24,25)/t15-/m0/s1. The van der Waals surface area contributed by atoms with Crippen LogP contribution >= 0.6 is 11.8 Å². The topological polar surface area (TPSA) is 108 Å². The van der Waals surface area contributed by atoms with Crippen LogP contribution in [0, 0.1) is 5.92 Å². The van der Waals surface area contributed by atoms with Gasteiger partial charge < -0.3 is 5.32 Å². The summed E-state index contributed by atoms with van der Waals surface area (Å²) in [4.78, 5) is 28.2. The fourth-order valence-corrected chi connectivity index (χ4v) is 5.06. The molecule has 162 valence electrons. The lowest BCUT2D eigenvalue weighted by Crippen LogP contribution is -2.43. The van der Waals surface area contributed by atoms with Gasteiger partial charge >= 0.3 is 6.03 Å². The highest BCUT2D eigenvalue weighted by Gasteiger charge is 2.25. The average molecular weight is 443 g/mol. The second kappa shape index (κ2) is 10.9. The van der Waals surface area contributed by atoms with Gasteiger partial charge in [-0.05, 0) is 37.8 Å². The summed E-state index contributed by atoms with van der Waals surface area (Å²) < 4.78 is 27.1.